The molecule has 0 aliphatic carbocycles. The van der Waals surface area contributed by atoms with Gasteiger partial charge in [0, 0.05) is 32.8 Å². The molecular formula is C43H27N3O. The van der Waals surface area contributed by atoms with Gasteiger partial charge in [0.25, 0.3) is 0 Å². The molecule has 0 aliphatic rings. The van der Waals surface area contributed by atoms with Crippen molar-refractivity contribution in [3.05, 3.63) is 164 Å². The molecule has 0 saturated carbocycles. The van der Waals surface area contributed by atoms with Crippen molar-refractivity contribution < 1.29 is 4.42 Å². The first-order valence-corrected chi connectivity index (χ1v) is 15.7. The van der Waals surface area contributed by atoms with Gasteiger partial charge in [0.2, 0.25) is 0 Å². The van der Waals surface area contributed by atoms with E-state index in [-0.39, 0.29) is 0 Å². The summed E-state index contributed by atoms with van der Waals surface area (Å²) in [6.07, 6.45) is 0. The molecule has 0 unspecified atom stereocenters. The Hall–Kier alpha value is -6.39. The summed E-state index contributed by atoms with van der Waals surface area (Å²) in [5.41, 5.74) is 8.87. The molecule has 7 aromatic carbocycles. The third-order valence-electron chi connectivity index (χ3n) is 8.72. The van der Waals surface area contributed by atoms with Gasteiger partial charge in [-0.05, 0) is 45.8 Å². The van der Waals surface area contributed by atoms with E-state index in [9.17, 15) is 0 Å². The molecule has 2 heterocycles. The summed E-state index contributed by atoms with van der Waals surface area (Å²) < 4.78 is 6.70. The Morgan fingerprint density at radius 3 is 1.55 bits per heavy atom. The average molecular weight is 602 g/mol. The van der Waals surface area contributed by atoms with Gasteiger partial charge in [-0.2, -0.15) is 0 Å². The first kappa shape index (κ1) is 27.0. The fourth-order valence-electron chi connectivity index (χ4n) is 6.40. The second-order valence-corrected chi connectivity index (χ2v) is 11.6. The molecule has 0 bridgehead atoms. The molecule has 0 fully saturated rings. The molecule has 9 aromatic rings. The van der Waals surface area contributed by atoms with Gasteiger partial charge in [-0.25, -0.2) is 15.0 Å². The van der Waals surface area contributed by atoms with E-state index in [4.69, 9.17) is 19.4 Å². The van der Waals surface area contributed by atoms with Gasteiger partial charge in [0.05, 0.1) is 0 Å². The number of hydrogen-bond acceptors (Lipinski definition) is 4. The van der Waals surface area contributed by atoms with E-state index in [0.29, 0.717) is 17.5 Å². The number of benzene rings is 7. The van der Waals surface area contributed by atoms with Crippen LogP contribution in [0, 0.1) is 0 Å². The predicted octanol–water partition coefficient (Wildman–Crippen LogP) is 11.3. The van der Waals surface area contributed by atoms with Crippen LogP contribution in [0.1, 0.15) is 0 Å². The van der Waals surface area contributed by atoms with Gasteiger partial charge >= 0.3 is 0 Å². The zero-order chi connectivity index (χ0) is 31.2. The van der Waals surface area contributed by atoms with Crippen LogP contribution >= 0.6 is 0 Å². The lowest BCUT2D eigenvalue weighted by Gasteiger charge is -2.11. The van der Waals surface area contributed by atoms with E-state index >= 15 is 0 Å². The van der Waals surface area contributed by atoms with Crippen LogP contribution in [0.3, 0.4) is 0 Å². The van der Waals surface area contributed by atoms with Crippen molar-refractivity contribution in [2.75, 3.05) is 0 Å². The highest BCUT2D eigenvalue weighted by Gasteiger charge is 2.19. The molecule has 0 saturated heterocycles. The topological polar surface area (TPSA) is 51.8 Å². The third kappa shape index (κ3) is 4.84. The fourth-order valence-corrected chi connectivity index (χ4v) is 6.40. The lowest BCUT2D eigenvalue weighted by Crippen LogP contribution is -2.00. The number of nitrogens with zero attached hydrogens (tertiary/aromatic N) is 3. The SMILES string of the molecule is c1ccc(-c2ccc(-c3nc(-c4ccccc4)nc(-c4cc(-c5ccccc5)c5c(c4)oc4c6ccccc6ccc45)n3)cc2)cc1. The zero-order valence-electron chi connectivity index (χ0n) is 25.3. The summed E-state index contributed by atoms with van der Waals surface area (Å²) in [6.45, 7) is 0. The van der Waals surface area contributed by atoms with Crippen LogP contribution in [-0.2, 0) is 0 Å². The maximum absolute atomic E-state index is 6.70. The highest BCUT2D eigenvalue weighted by molar-refractivity contribution is 6.19. The van der Waals surface area contributed by atoms with E-state index in [1.54, 1.807) is 0 Å². The third-order valence-corrected chi connectivity index (χ3v) is 8.72. The lowest BCUT2D eigenvalue weighted by molar-refractivity contribution is 0.673. The average Bonchev–Trinajstić information content (AvgIpc) is 3.55. The first-order chi connectivity index (χ1) is 23.3. The number of rotatable bonds is 5. The van der Waals surface area contributed by atoms with Crippen molar-refractivity contribution in [3.8, 4) is 56.4 Å². The molecule has 0 amide bonds. The molecule has 220 valence electrons. The molecular weight excluding hydrogens is 574 g/mol. The summed E-state index contributed by atoms with van der Waals surface area (Å²) in [6, 6.07) is 56.3. The molecule has 0 N–H and O–H groups in total. The van der Waals surface area contributed by atoms with E-state index in [1.807, 2.05) is 42.5 Å². The predicted molar refractivity (Wildman–Crippen MR) is 192 cm³/mol. The van der Waals surface area contributed by atoms with Gasteiger partial charge in [-0.1, -0.05) is 146 Å². The van der Waals surface area contributed by atoms with Gasteiger partial charge in [0.15, 0.2) is 17.5 Å². The largest absolute Gasteiger partial charge is 0.455 e. The second kappa shape index (κ2) is 11.2. The van der Waals surface area contributed by atoms with Gasteiger partial charge in [0.1, 0.15) is 11.2 Å². The van der Waals surface area contributed by atoms with E-state index in [0.717, 1.165) is 66.1 Å². The summed E-state index contributed by atoms with van der Waals surface area (Å²) in [5.74, 6) is 1.82. The minimum atomic E-state index is 0.588. The lowest BCUT2D eigenvalue weighted by atomic mass is 9.96. The van der Waals surface area contributed by atoms with Crippen molar-refractivity contribution in [2.24, 2.45) is 0 Å². The van der Waals surface area contributed by atoms with Crippen LogP contribution in [0.15, 0.2) is 168 Å². The molecule has 9 rings (SSSR count). The van der Waals surface area contributed by atoms with Crippen LogP contribution in [0.25, 0.3) is 89.1 Å². The van der Waals surface area contributed by atoms with Crippen molar-refractivity contribution in [1.29, 1.82) is 0 Å². The molecule has 0 atom stereocenters. The number of hydrogen-bond donors (Lipinski definition) is 0. The quantitative estimate of drug-likeness (QED) is 0.197. The summed E-state index contributed by atoms with van der Waals surface area (Å²) in [5, 5.41) is 4.40. The summed E-state index contributed by atoms with van der Waals surface area (Å²) in [4.78, 5) is 15.1. The minimum absolute atomic E-state index is 0.588. The van der Waals surface area contributed by atoms with Crippen molar-refractivity contribution in [1.82, 2.24) is 15.0 Å². The Bertz CT molecular complexity index is 2540. The van der Waals surface area contributed by atoms with Gasteiger partial charge < -0.3 is 4.42 Å². The number of furan rings is 1. The summed E-state index contributed by atoms with van der Waals surface area (Å²) >= 11 is 0. The van der Waals surface area contributed by atoms with Crippen molar-refractivity contribution in [2.45, 2.75) is 0 Å². The van der Waals surface area contributed by atoms with Crippen LogP contribution in [-0.4, -0.2) is 15.0 Å². The van der Waals surface area contributed by atoms with Crippen LogP contribution < -0.4 is 0 Å². The maximum atomic E-state index is 6.70. The Morgan fingerprint density at radius 1 is 0.362 bits per heavy atom. The Morgan fingerprint density at radius 2 is 0.872 bits per heavy atom. The monoisotopic (exact) mass is 601 g/mol. The first-order valence-electron chi connectivity index (χ1n) is 15.7. The Labute approximate surface area is 271 Å². The molecule has 0 aliphatic heterocycles. The van der Waals surface area contributed by atoms with Crippen molar-refractivity contribution in [3.63, 3.8) is 0 Å². The smallest absolute Gasteiger partial charge is 0.164 e. The van der Waals surface area contributed by atoms with Crippen LogP contribution in [0.5, 0.6) is 0 Å². The van der Waals surface area contributed by atoms with Gasteiger partial charge in [-0.3, -0.25) is 0 Å². The Kier molecular flexibility index (Phi) is 6.43. The minimum Gasteiger partial charge on any atom is -0.455 e. The maximum Gasteiger partial charge on any atom is 0.164 e. The number of fused-ring (bicyclic) bond motifs is 5. The van der Waals surface area contributed by atoms with E-state index in [1.165, 1.54) is 5.56 Å². The van der Waals surface area contributed by atoms with Crippen LogP contribution in [0.2, 0.25) is 0 Å². The standard InChI is InChI=1S/C43H27N3O/c1-4-12-28(13-5-1)29-20-22-33(23-21-29)42-44-41(32-17-8-3-9-18-32)45-43(46-42)34-26-37(30-14-6-2-7-15-30)39-36-25-24-31-16-10-11-19-35(31)40(36)47-38(39)27-34/h1-27H. The molecule has 4 nitrogen and oxygen atoms in total. The number of aromatic nitrogens is 3. The Balaban J connectivity index is 1.27. The van der Waals surface area contributed by atoms with Gasteiger partial charge in [-0.15, -0.1) is 0 Å². The molecule has 2 aromatic heterocycles. The van der Waals surface area contributed by atoms with Crippen molar-refractivity contribution >= 4 is 32.7 Å². The van der Waals surface area contributed by atoms with Crippen LogP contribution in [0.4, 0.5) is 0 Å². The zero-order valence-corrected chi connectivity index (χ0v) is 25.3. The second-order valence-electron chi connectivity index (χ2n) is 11.6. The molecule has 4 heteroatoms. The normalized spacial score (nSPS) is 11.4. The van der Waals surface area contributed by atoms with E-state index < -0.39 is 0 Å². The molecule has 47 heavy (non-hydrogen) atoms. The highest BCUT2D eigenvalue weighted by Crippen LogP contribution is 2.42. The molecule has 0 radical (unpaired) electrons. The highest BCUT2D eigenvalue weighted by atomic mass is 16.3. The van der Waals surface area contributed by atoms with E-state index in [2.05, 4.69) is 121 Å². The molecule has 0 spiro atoms. The fraction of sp³-hybridized carbons (Fsp3) is 0. The summed E-state index contributed by atoms with van der Waals surface area (Å²) in [7, 11) is 0.